The number of nitrogens with zero attached hydrogens (tertiary/aromatic N) is 2. The minimum Gasteiger partial charge on any atom is -0.457 e. The highest BCUT2D eigenvalue weighted by atomic mass is 35.5. The molecule has 0 saturated heterocycles. The molecule has 5 rings (SSSR count). The van der Waals surface area contributed by atoms with E-state index in [4.69, 9.17) is 21.7 Å². The lowest BCUT2D eigenvalue weighted by Gasteiger charge is -2.08. The second-order valence-corrected chi connectivity index (χ2v) is 8.41. The summed E-state index contributed by atoms with van der Waals surface area (Å²) in [6.07, 6.45) is 0. The largest absolute Gasteiger partial charge is 0.457 e. The Morgan fingerprint density at radius 3 is 2.00 bits per heavy atom. The van der Waals surface area contributed by atoms with Crippen LogP contribution in [0.25, 0.3) is 11.0 Å². The Labute approximate surface area is 201 Å². The summed E-state index contributed by atoms with van der Waals surface area (Å²) in [5.74, 6) is 1.33. The normalized spacial score (nSPS) is 11.0. The summed E-state index contributed by atoms with van der Waals surface area (Å²) in [6, 6.07) is 32.0. The number of carbonyl (C=O) groups is 1. The molecule has 0 amide bonds. The van der Waals surface area contributed by atoms with Gasteiger partial charge in [0.2, 0.25) is 5.62 Å². The number of hydrogen-bond donors (Lipinski definition) is 1. The fraction of sp³-hybridized carbons (Fsp3) is 0.0714. The van der Waals surface area contributed by atoms with Crippen LogP contribution in [0.1, 0.15) is 15.9 Å². The number of fused-ring (bicyclic) bond motifs is 1. The van der Waals surface area contributed by atoms with Gasteiger partial charge in [-0.2, -0.15) is 0 Å². The maximum absolute atomic E-state index is 13.1. The summed E-state index contributed by atoms with van der Waals surface area (Å²) in [7, 11) is 0. The Morgan fingerprint density at radius 2 is 1.32 bits per heavy atom. The molecule has 5 aromatic rings. The number of hydrogen-bond acceptors (Lipinski definition) is 3. The van der Waals surface area contributed by atoms with Crippen molar-refractivity contribution in [2.24, 2.45) is 0 Å². The van der Waals surface area contributed by atoms with E-state index in [1.54, 1.807) is 28.8 Å². The predicted octanol–water partition coefficient (Wildman–Crippen LogP) is 6.30. The highest BCUT2D eigenvalue weighted by Gasteiger charge is 2.15. The van der Waals surface area contributed by atoms with Gasteiger partial charge in [-0.25, -0.2) is 0 Å². The van der Waals surface area contributed by atoms with Crippen LogP contribution >= 0.6 is 11.6 Å². The van der Waals surface area contributed by atoms with Crippen LogP contribution < -0.4 is 10.4 Å². The summed E-state index contributed by atoms with van der Waals surface area (Å²) in [5, 5.41) is 9.48. The van der Waals surface area contributed by atoms with E-state index in [0.29, 0.717) is 22.9 Å². The lowest BCUT2D eigenvalue weighted by atomic mass is 10.1. The zero-order valence-corrected chi connectivity index (χ0v) is 19.1. The second kappa shape index (κ2) is 9.41. The van der Waals surface area contributed by atoms with Gasteiger partial charge in [0.25, 0.3) is 0 Å². The number of carbonyl (C=O) groups excluding carboxylic acids is 1. The van der Waals surface area contributed by atoms with Crippen molar-refractivity contribution in [3.05, 3.63) is 125 Å². The quantitative estimate of drug-likeness (QED) is 0.285. The SMILES string of the molecule is N=c1n(CC(=O)c2ccc(Oc3ccccc3)cc2)c2ccccc2n1Cc1ccc(Cl)cc1. The third kappa shape index (κ3) is 4.51. The Hall–Kier alpha value is -4.09. The average molecular weight is 468 g/mol. The highest BCUT2D eigenvalue weighted by molar-refractivity contribution is 6.30. The lowest BCUT2D eigenvalue weighted by molar-refractivity contribution is 0.0971. The van der Waals surface area contributed by atoms with Gasteiger partial charge < -0.3 is 13.9 Å². The number of Topliss-reactive ketones (excluding diaryl/α,β-unsaturated/α-hetero) is 1. The van der Waals surface area contributed by atoms with Gasteiger partial charge in [-0.1, -0.05) is 54.1 Å². The second-order valence-electron chi connectivity index (χ2n) is 7.97. The van der Waals surface area contributed by atoms with Gasteiger partial charge in [0.15, 0.2) is 5.78 Å². The molecule has 4 aromatic carbocycles. The number of aromatic nitrogens is 2. The minimum atomic E-state index is -0.0702. The van der Waals surface area contributed by atoms with Crippen molar-refractivity contribution in [3.8, 4) is 11.5 Å². The first-order chi connectivity index (χ1) is 16.6. The molecule has 0 aliphatic heterocycles. The van der Waals surface area contributed by atoms with Gasteiger partial charge in [0.1, 0.15) is 11.5 Å². The molecule has 1 heterocycles. The first-order valence-corrected chi connectivity index (χ1v) is 11.3. The molecule has 0 unspecified atom stereocenters. The van der Waals surface area contributed by atoms with Crippen molar-refractivity contribution in [2.75, 3.05) is 0 Å². The van der Waals surface area contributed by atoms with E-state index in [1.807, 2.05) is 83.4 Å². The van der Waals surface area contributed by atoms with E-state index in [2.05, 4.69) is 0 Å². The average Bonchev–Trinajstić information content (AvgIpc) is 3.12. The molecule has 1 N–H and O–H groups in total. The lowest BCUT2D eigenvalue weighted by Crippen LogP contribution is -2.27. The van der Waals surface area contributed by atoms with E-state index >= 15 is 0 Å². The molecule has 168 valence electrons. The highest BCUT2D eigenvalue weighted by Crippen LogP contribution is 2.22. The molecule has 0 spiro atoms. The van der Waals surface area contributed by atoms with Crippen molar-refractivity contribution < 1.29 is 9.53 Å². The fourth-order valence-electron chi connectivity index (χ4n) is 3.96. The fourth-order valence-corrected chi connectivity index (χ4v) is 4.08. The molecule has 5 nitrogen and oxygen atoms in total. The maximum atomic E-state index is 13.1. The van der Waals surface area contributed by atoms with Crippen LogP contribution in [0.5, 0.6) is 11.5 Å². The van der Waals surface area contributed by atoms with Crippen LogP contribution in [0.4, 0.5) is 0 Å². The third-order valence-electron chi connectivity index (χ3n) is 5.69. The summed E-state index contributed by atoms with van der Waals surface area (Å²) >= 11 is 6.02. The molecule has 0 bridgehead atoms. The predicted molar refractivity (Wildman–Crippen MR) is 134 cm³/mol. The van der Waals surface area contributed by atoms with Crippen molar-refractivity contribution in [3.63, 3.8) is 0 Å². The Morgan fingerprint density at radius 1 is 0.735 bits per heavy atom. The first kappa shape index (κ1) is 21.7. The number of benzene rings is 4. The van der Waals surface area contributed by atoms with Crippen LogP contribution in [-0.2, 0) is 13.1 Å². The summed E-state index contributed by atoms with van der Waals surface area (Å²) in [6.45, 7) is 0.592. The molecule has 34 heavy (non-hydrogen) atoms. The zero-order valence-electron chi connectivity index (χ0n) is 18.3. The van der Waals surface area contributed by atoms with E-state index in [-0.39, 0.29) is 17.9 Å². The van der Waals surface area contributed by atoms with E-state index in [1.165, 1.54) is 0 Å². The van der Waals surface area contributed by atoms with Gasteiger partial charge in [-0.05, 0) is 66.2 Å². The van der Waals surface area contributed by atoms with Crippen LogP contribution in [0.3, 0.4) is 0 Å². The molecule has 0 saturated carbocycles. The van der Waals surface area contributed by atoms with Crippen molar-refractivity contribution in [1.29, 1.82) is 5.41 Å². The monoisotopic (exact) mass is 467 g/mol. The van der Waals surface area contributed by atoms with Crippen LogP contribution in [0.2, 0.25) is 5.02 Å². The van der Waals surface area contributed by atoms with E-state index in [9.17, 15) is 4.79 Å². The Bertz CT molecular complexity index is 1500. The standard InChI is InChI=1S/C28H22ClN3O2/c29-22-14-10-20(11-15-22)18-31-25-8-4-5-9-26(25)32(28(31)30)19-27(33)21-12-16-24(17-13-21)34-23-6-2-1-3-7-23/h1-17,30H,18-19H2. The molecule has 0 aliphatic rings. The summed E-state index contributed by atoms with van der Waals surface area (Å²) in [5.41, 5.74) is 3.63. The van der Waals surface area contributed by atoms with E-state index < -0.39 is 0 Å². The molecule has 1 aromatic heterocycles. The van der Waals surface area contributed by atoms with Crippen molar-refractivity contribution in [2.45, 2.75) is 13.1 Å². The van der Waals surface area contributed by atoms with Crippen LogP contribution in [-0.4, -0.2) is 14.9 Å². The maximum Gasteiger partial charge on any atom is 0.203 e. The van der Waals surface area contributed by atoms with Gasteiger partial charge in [0, 0.05) is 10.6 Å². The van der Waals surface area contributed by atoms with Gasteiger partial charge in [-0.3, -0.25) is 10.2 Å². The number of nitrogens with one attached hydrogen (secondary N) is 1. The minimum absolute atomic E-state index is 0.0702. The number of imidazole rings is 1. The molecule has 0 radical (unpaired) electrons. The van der Waals surface area contributed by atoms with Crippen molar-refractivity contribution >= 4 is 28.4 Å². The molecule has 0 fully saturated rings. The van der Waals surface area contributed by atoms with Gasteiger partial charge in [0.05, 0.1) is 24.1 Å². The molecular weight excluding hydrogens is 446 g/mol. The molecule has 0 aliphatic carbocycles. The van der Waals surface area contributed by atoms with Gasteiger partial charge in [-0.15, -0.1) is 0 Å². The van der Waals surface area contributed by atoms with Crippen molar-refractivity contribution in [1.82, 2.24) is 9.13 Å². The Kier molecular flexibility index (Phi) is 6.02. The first-order valence-electron chi connectivity index (χ1n) is 10.9. The summed E-state index contributed by atoms with van der Waals surface area (Å²) < 4.78 is 9.47. The topological polar surface area (TPSA) is 60.0 Å². The molecular formula is C28H22ClN3O2. The number of para-hydroxylation sites is 3. The zero-order chi connectivity index (χ0) is 23.5. The smallest absolute Gasteiger partial charge is 0.203 e. The number of halogens is 1. The number of ketones is 1. The Balaban J connectivity index is 1.40. The third-order valence-corrected chi connectivity index (χ3v) is 5.94. The van der Waals surface area contributed by atoms with E-state index in [0.717, 1.165) is 22.3 Å². The molecule has 0 atom stereocenters. The van der Waals surface area contributed by atoms with Gasteiger partial charge >= 0.3 is 0 Å². The van der Waals surface area contributed by atoms with Crippen LogP contribution in [0.15, 0.2) is 103 Å². The molecule has 6 heteroatoms. The number of ether oxygens (including phenoxy) is 1. The number of rotatable bonds is 7. The summed E-state index contributed by atoms with van der Waals surface area (Å²) in [4.78, 5) is 13.1. The van der Waals surface area contributed by atoms with Crippen LogP contribution in [0, 0.1) is 5.41 Å².